The van der Waals surface area contributed by atoms with Crippen LogP contribution in [0.2, 0.25) is 0 Å². The molecule has 152 valence electrons. The fourth-order valence-corrected chi connectivity index (χ4v) is 2.63. The van der Waals surface area contributed by atoms with Crippen molar-refractivity contribution in [2.45, 2.75) is 39.8 Å². The number of esters is 1. The van der Waals surface area contributed by atoms with Crippen molar-refractivity contribution >= 4 is 5.97 Å². The van der Waals surface area contributed by atoms with Gasteiger partial charge in [0.05, 0.1) is 6.61 Å². The number of aryl methyl sites for hydroxylation is 3. The Morgan fingerprint density at radius 1 is 1.04 bits per heavy atom. The van der Waals surface area contributed by atoms with Crippen molar-refractivity contribution in [3.8, 4) is 11.6 Å². The van der Waals surface area contributed by atoms with Crippen molar-refractivity contribution in [3.05, 3.63) is 52.2 Å². The van der Waals surface area contributed by atoms with Crippen molar-refractivity contribution in [2.75, 3.05) is 6.61 Å². The molecule has 0 aliphatic heterocycles. The number of ether oxygens (including phenoxy) is 2. The Kier molecular flexibility index (Phi) is 5.96. The van der Waals surface area contributed by atoms with E-state index in [0.29, 0.717) is 17.2 Å². The average molecular weight is 403 g/mol. The van der Waals surface area contributed by atoms with Gasteiger partial charge in [-0.3, -0.25) is 0 Å². The lowest BCUT2D eigenvalue weighted by molar-refractivity contribution is -0.291. The number of alkyl halides is 5. The number of aromatic nitrogens is 1. The fourth-order valence-electron chi connectivity index (χ4n) is 2.63. The molecule has 2 aromatic rings. The molecule has 1 heterocycles. The molecule has 0 unspecified atom stereocenters. The van der Waals surface area contributed by atoms with Gasteiger partial charge in [0, 0.05) is 0 Å². The Labute approximate surface area is 158 Å². The normalized spacial score (nSPS) is 12.0. The van der Waals surface area contributed by atoms with Crippen LogP contribution in [0.15, 0.2) is 24.3 Å². The zero-order chi connectivity index (χ0) is 21.3. The second kappa shape index (κ2) is 7.73. The molecule has 0 atom stereocenters. The lowest BCUT2D eigenvalue weighted by Crippen LogP contribution is -2.34. The molecule has 0 saturated heterocycles. The third-order valence-corrected chi connectivity index (χ3v) is 3.84. The van der Waals surface area contributed by atoms with Gasteiger partial charge in [-0.05, 0) is 51.0 Å². The van der Waals surface area contributed by atoms with E-state index in [9.17, 15) is 26.7 Å². The lowest BCUT2D eigenvalue weighted by atomic mass is 10.1. The molecule has 0 saturated carbocycles. The van der Waals surface area contributed by atoms with Crippen molar-refractivity contribution in [1.29, 1.82) is 0 Å². The molecule has 9 heteroatoms. The van der Waals surface area contributed by atoms with Gasteiger partial charge >= 0.3 is 18.1 Å². The third kappa shape index (κ3) is 4.23. The molecule has 0 aliphatic carbocycles. The zero-order valence-corrected chi connectivity index (χ0v) is 15.6. The second-order valence-corrected chi connectivity index (χ2v) is 6.17. The first kappa shape index (κ1) is 21.6. The molecule has 28 heavy (non-hydrogen) atoms. The van der Waals surface area contributed by atoms with Gasteiger partial charge in [-0.1, -0.05) is 17.7 Å². The van der Waals surface area contributed by atoms with E-state index in [-0.39, 0.29) is 17.9 Å². The van der Waals surface area contributed by atoms with Crippen molar-refractivity contribution in [2.24, 2.45) is 0 Å². The van der Waals surface area contributed by atoms with Gasteiger partial charge in [-0.2, -0.15) is 22.0 Å². The number of carbonyl (C=O) groups excluding carboxylic acids is 1. The number of carbonyl (C=O) groups is 1. The van der Waals surface area contributed by atoms with Crippen molar-refractivity contribution in [1.82, 2.24) is 4.98 Å². The molecular weight excluding hydrogens is 385 g/mol. The number of pyridine rings is 1. The van der Waals surface area contributed by atoms with Crippen LogP contribution in [0.4, 0.5) is 22.0 Å². The minimum atomic E-state index is -5.85. The van der Waals surface area contributed by atoms with Crippen LogP contribution in [0, 0.1) is 20.8 Å². The van der Waals surface area contributed by atoms with Crippen LogP contribution in [0.1, 0.15) is 39.7 Å². The Hall–Kier alpha value is -2.71. The molecule has 1 aromatic carbocycles. The first-order valence-corrected chi connectivity index (χ1v) is 8.27. The summed E-state index contributed by atoms with van der Waals surface area (Å²) >= 11 is 0. The largest absolute Gasteiger partial charge is 0.462 e. The summed E-state index contributed by atoms with van der Waals surface area (Å²) in [5, 5.41) is 0. The van der Waals surface area contributed by atoms with Gasteiger partial charge < -0.3 is 9.47 Å². The number of halogens is 5. The minimum Gasteiger partial charge on any atom is -0.462 e. The molecular formula is C19H18F5NO3. The Morgan fingerprint density at radius 3 is 2.11 bits per heavy atom. The molecule has 0 N–H and O–H groups in total. The highest BCUT2D eigenvalue weighted by Gasteiger charge is 2.60. The highest BCUT2D eigenvalue weighted by molar-refractivity contribution is 5.92. The maximum absolute atomic E-state index is 13.7. The zero-order valence-electron chi connectivity index (χ0n) is 15.6. The molecule has 0 fully saturated rings. The highest BCUT2D eigenvalue weighted by atomic mass is 19.4. The molecule has 4 nitrogen and oxygen atoms in total. The highest BCUT2D eigenvalue weighted by Crippen LogP contribution is 2.44. The van der Waals surface area contributed by atoms with Crippen LogP contribution in [0.25, 0.3) is 0 Å². The van der Waals surface area contributed by atoms with Gasteiger partial charge in [0.25, 0.3) is 0 Å². The van der Waals surface area contributed by atoms with Crippen LogP contribution in [-0.2, 0) is 10.7 Å². The predicted molar refractivity (Wildman–Crippen MR) is 90.9 cm³/mol. The predicted octanol–water partition coefficient (Wildman–Crippen LogP) is 5.63. The molecule has 1 aromatic heterocycles. The van der Waals surface area contributed by atoms with E-state index in [2.05, 4.69) is 4.98 Å². The number of rotatable bonds is 5. The van der Waals surface area contributed by atoms with E-state index >= 15 is 0 Å². The summed E-state index contributed by atoms with van der Waals surface area (Å²) in [6.07, 6.45) is -5.85. The molecule has 0 radical (unpaired) electrons. The van der Waals surface area contributed by atoms with E-state index in [1.54, 1.807) is 26.0 Å². The SMILES string of the molecule is CCOC(=O)c1ccc(C(F)(F)C(F)(F)F)nc1Oc1c(C)cc(C)cc1C. The van der Waals surface area contributed by atoms with Gasteiger partial charge in [0.1, 0.15) is 17.0 Å². The van der Waals surface area contributed by atoms with Gasteiger partial charge in [0.2, 0.25) is 5.88 Å². The molecule has 2 rings (SSSR count). The number of hydrogen-bond donors (Lipinski definition) is 0. The van der Waals surface area contributed by atoms with Gasteiger partial charge in [-0.15, -0.1) is 0 Å². The monoisotopic (exact) mass is 403 g/mol. The topological polar surface area (TPSA) is 48.4 Å². The standard InChI is InChI=1S/C19H18F5NO3/c1-5-27-17(26)13-6-7-14(18(20,21)19(22,23)24)25-16(13)28-15-11(3)8-10(2)9-12(15)4/h6-9H,5H2,1-4H3. The Balaban J connectivity index is 2.62. The minimum absolute atomic E-state index is 0.0265. The molecule has 0 aliphatic rings. The lowest BCUT2D eigenvalue weighted by Gasteiger charge is -2.20. The fraction of sp³-hybridized carbons (Fsp3) is 0.368. The smallest absolute Gasteiger partial charge is 0.459 e. The second-order valence-electron chi connectivity index (χ2n) is 6.17. The van der Waals surface area contributed by atoms with E-state index in [1.807, 2.05) is 6.92 Å². The quantitative estimate of drug-likeness (QED) is 0.480. The maximum atomic E-state index is 13.7. The number of nitrogens with zero attached hydrogens (tertiary/aromatic N) is 1. The van der Waals surface area contributed by atoms with Crippen LogP contribution >= 0.6 is 0 Å². The van der Waals surface area contributed by atoms with Crippen LogP contribution in [0.5, 0.6) is 11.6 Å². The molecule has 0 amide bonds. The number of hydrogen-bond acceptors (Lipinski definition) is 4. The van der Waals surface area contributed by atoms with Gasteiger partial charge in [-0.25, -0.2) is 9.78 Å². The average Bonchev–Trinajstić information content (AvgIpc) is 2.57. The van der Waals surface area contributed by atoms with Crippen LogP contribution in [-0.4, -0.2) is 23.7 Å². The number of benzene rings is 1. The summed E-state index contributed by atoms with van der Waals surface area (Å²) in [7, 11) is 0. The van der Waals surface area contributed by atoms with E-state index < -0.39 is 29.6 Å². The summed E-state index contributed by atoms with van der Waals surface area (Å²) in [4.78, 5) is 15.4. The first-order valence-electron chi connectivity index (χ1n) is 8.27. The third-order valence-electron chi connectivity index (χ3n) is 3.84. The summed E-state index contributed by atoms with van der Waals surface area (Å²) < 4.78 is 75.9. The summed E-state index contributed by atoms with van der Waals surface area (Å²) in [6, 6.07) is 4.69. The van der Waals surface area contributed by atoms with E-state index in [0.717, 1.165) is 11.6 Å². The van der Waals surface area contributed by atoms with E-state index in [4.69, 9.17) is 9.47 Å². The maximum Gasteiger partial charge on any atom is 0.459 e. The van der Waals surface area contributed by atoms with E-state index in [1.165, 1.54) is 6.92 Å². The van der Waals surface area contributed by atoms with Crippen LogP contribution < -0.4 is 4.74 Å². The summed E-state index contributed by atoms with van der Waals surface area (Å²) in [5.74, 6) is -6.64. The first-order chi connectivity index (χ1) is 12.9. The van der Waals surface area contributed by atoms with Crippen molar-refractivity contribution < 1.29 is 36.2 Å². The van der Waals surface area contributed by atoms with Crippen LogP contribution in [0.3, 0.4) is 0 Å². The van der Waals surface area contributed by atoms with Crippen molar-refractivity contribution in [3.63, 3.8) is 0 Å². The Bertz CT molecular complexity index is 871. The Morgan fingerprint density at radius 2 is 1.61 bits per heavy atom. The summed E-state index contributed by atoms with van der Waals surface area (Å²) in [6.45, 7) is 6.67. The van der Waals surface area contributed by atoms with Gasteiger partial charge in [0.15, 0.2) is 0 Å². The summed E-state index contributed by atoms with van der Waals surface area (Å²) in [5.41, 5.74) is 0.163. The molecule has 0 spiro atoms. The molecule has 0 bridgehead atoms.